The van der Waals surface area contributed by atoms with Crippen LogP contribution in [0.2, 0.25) is 0 Å². The summed E-state index contributed by atoms with van der Waals surface area (Å²) in [6.07, 6.45) is 7.17. The third-order valence-electron chi connectivity index (χ3n) is 3.69. The van der Waals surface area contributed by atoms with Gasteiger partial charge in [0.15, 0.2) is 5.79 Å². The standard InChI is InChI=1S/C16H30O2/c1-13(2)10-14(3)11-15(4)12-18-16(17)8-6-5-7-9-16/h13-14,17H,4-12H2,1-3H3. The SMILES string of the molecule is C=C(COC1(O)CCCCC1)CC(C)CC(C)C. The van der Waals surface area contributed by atoms with Crippen molar-refractivity contribution < 1.29 is 9.84 Å². The van der Waals surface area contributed by atoms with Crippen molar-refractivity contribution in [1.29, 1.82) is 0 Å². The monoisotopic (exact) mass is 254 g/mol. The molecule has 106 valence electrons. The van der Waals surface area contributed by atoms with Crippen LogP contribution in [0.3, 0.4) is 0 Å². The number of hydrogen-bond acceptors (Lipinski definition) is 2. The minimum atomic E-state index is -0.873. The van der Waals surface area contributed by atoms with Crippen molar-refractivity contribution >= 4 is 0 Å². The maximum Gasteiger partial charge on any atom is 0.165 e. The Hall–Kier alpha value is -0.340. The van der Waals surface area contributed by atoms with Gasteiger partial charge in [-0.1, -0.05) is 39.3 Å². The minimum absolute atomic E-state index is 0.513. The highest BCUT2D eigenvalue weighted by atomic mass is 16.6. The first-order valence-corrected chi connectivity index (χ1v) is 7.44. The second-order valence-corrected chi connectivity index (χ2v) is 6.48. The largest absolute Gasteiger partial charge is 0.365 e. The predicted octanol–water partition coefficient (Wildman–Crippen LogP) is 4.28. The molecule has 1 fully saturated rings. The molecule has 0 bridgehead atoms. The molecular weight excluding hydrogens is 224 g/mol. The number of aliphatic hydroxyl groups is 1. The minimum Gasteiger partial charge on any atom is -0.365 e. The van der Waals surface area contributed by atoms with Gasteiger partial charge in [-0.25, -0.2) is 0 Å². The van der Waals surface area contributed by atoms with Crippen LogP contribution in [0.4, 0.5) is 0 Å². The van der Waals surface area contributed by atoms with Crippen molar-refractivity contribution in [3.05, 3.63) is 12.2 Å². The van der Waals surface area contributed by atoms with Crippen molar-refractivity contribution in [2.45, 2.75) is 71.5 Å². The zero-order valence-corrected chi connectivity index (χ0v) is 12.4. The summed E-state index contributed by atoms with van der Waals surface area (Å²) >= 11 is 0. The maximum absolute atomic E-state index is 10.2. The van der Waals surface area contributed by atoms with Gasteiger partial charge in [-0.2, -0.15) is 0 Å². The normalized spacial score (nSPS) is 20.9. The Balaban J connectivity index is 2.23. The molecule has 0 saturated heterocycles. The van der Waals surface area contributed by atoms with Crippen molar-refractivity contribution in [1.82, 2.24) is 0 Å². The van der Waals surface area contributed by atoms with E-state index in [1.54, 1.807) is 0 Å². The van der Waals surface area contributed by atoms with Gasteiger partial charge in [-0.05, 0) is 37.5 Å². The van der Waals surface area contributed by atoms with E-state index < -0.39 is 5.79 Å². The van der Waals surface area contributed by atoms with E-state index in [1.807, 2.05) is 0 Å². The first-order chi connectivity index (χ1) is 8.41. The molecule has 1 saturated carbocycles. The number of ether oxygens (including phenoxy) is 1. The van der Waals surface area contributed by atoms with Crippen molar-refractivity contribution in [3.8, 4) is 0 Å². The van der Waals surface area contributed by atoms with Crippen molar-refractivity contribution in [2.75, 3.05) is 6.61 Å². The van der Waals surface area contributed by atoms with Crippen molar-refractivity contribution in [2.24, 2.45) is 11.8 Å². The lowest BCUT2D eigenvalue weighted by atomic mass is 9.92. The Morgan fingerprint density at radius 3 is 2.39 bits per heavy atom. The van der Waals surface area contributed by atoms with Crippen LogP contribution in [0.15, 0.2) is 12.2 Å². The smallest absolute Gasteiger partial charge is 0.165 e. The predicted molar refractivity (Wildman–Crippen MR) is 76.4 cm³/mol. The highest BCUT2D eigenvalue weighted by molar-refractivity contribution is 4.96. The van der Waals surface area contributed by atoms with Crippen molar-refractivity contribution in [3.63, 3.8) is 0 Å². The van der Waals surface area contributed by atoms with Gasteiger partial charge in [0.05, 0.1) is 6.61 Å². The van der Waals surface area contributed by atoms with E-state index >= 15 is 0 Å². The molecular formula is C16H30O2. The van der Waals surface area contributed by atoms with Gasteiger partial charge in [0.1, 0.15) is 0 Å². The lowest BCUT2D eigenvalue weighted by Crippen LogP contribution is -2.35. The van der Waals surface area contributed by atoms with Crippen LogP contribution in [-0.2, 0) is 4.74 Å². The van der Waals surface area contributed by atoms with E-state index in [4.69, 9.17) is 4.74 Å². The highest BCUT2D eigenvalue weighted by Gasteiger charge is 2.29. The van der Waals surface area contributed by atoms with Gasteiger partial charge in [-0.15, -0.1) is 0 Å². The van der Waals surface area contributed by atoms with Gasteiger partial charge in [0, 0.05) is 12.8 Å². The Kier molecular flexibility index (Phi) is 6.37. The van der Waals surface area contributed by atoms with Gasteiger partial charge in [0.2, 0.25) is 0 Å². The maximum atomic E-state index is 10.2. The second-order valence-electron chi connectivity index (χ2n) is 6.48. The summed E-state index contributed by atoms with van der Waals surface area (Å²) in [5, 5.41) is 10.2. The molecule has 0 heterocycles. The van der Waals surface area contributed by atoms with Crippen LogP contribution in [0.1, 0.15) is 65.7 Å². The van der Waals surface area contributed by atoms with E-state index in [0.717, 1.165) is 43.6 Å². The fraction of sp³-hybridized carbons (Fsp3) is 0.875. The molecule has 1 aliphatic rings. The summed E-state index contributed by atoms with van der Waals surface area (Å²) in [4.78, 5) is 0. The molecule has 0 aromatic rings. The second kappa shape index (κ2) is 7.30. The fourth-order valence-electron chi connectivity index (χ4n) is 2.92. The Morgan fingerprint density at radius 1 is 1.22 bits per heavy atom. The van der Waals surface area contributed by atoms with E-state index in [0.29, 0.717) is 12.5 Å². The van der Waals surface area contributed by atoms with E-state index in [9.17, 15) is 5.11 Å². The molecule has 0 aliphatic heterocycles. The summed E-state index contributed by atoms with van der Waals surface area (Å²) in [6, 6.07) is 0. The summed E-state index contributed by atoms with van der Waals surface area (Å²) in [7, 11) is 0. The molecule has 0 aromatic heterocycles. The molecule has 0 radical (unpaired) electrons. The lowest BCUT2D eigenvalue weighted by molar-refractivity contribution is -0.215. The number of hydrogen-bond donors (Lipinski definition) is 1. The van der Waals surface area contributed by atoms with E-state index in [-0.39, 0.29) is 0 Å². The van der Waals surface area contributed by atoms with E-state index in [2.05, 4.69) is 27.4 Å². The topological polar surface area (TPSA) is 29.5 Å². The zero-order valence-electron chi connectivity index (χ0n) is 12.4. The first kappa shape index (κ1) is 15.7. The molecule has 18 heavy (non-hydrogen) atoms. The molecule has 2 heteroatoms. The van der Waals surface area contributed by atoms with Crippen LogP contribution in [-0.4, -0.2) is 17.5 Å². The van der Waals surface area contributed by atoms with Gasteiger partial charge < -0.3 is 9.84 Å². The van der Waals surface area contributed by atoms with Gasteiger partial charge in [0.25, 0.3) is 0 Å². The Morgan fingerprint density at radius 2 is 1.83 bits per heavy atom. The van der Waals surface area contributed by atoms with Crippen LogP contribution in [0.5, 0.6) is 0 Å². The molecule has 1 atom stereocenters. The van der Waals surface area contributed by atoms with Crippen LogP contribution >= 0.6 is 0 Å². The van der Waals surface area contributed by atoms with E-state index in [1.165, 1.54) is 12.8 Å². The Bertz CT molecular complexity index is 252. The quantitative estimate of drug-likeness (QED) is 0.542. The summed E-state index contributed by atoms with van der Waals surface area (Å²) in [6.45, 7) is 11.4. The third-order valence-corrected chi connectivity index (χ3v) is 3.69. The molecule has 0 amide bonds. The Labute approximate surface area is 112 Å². The molecule has 1 rings (SSSR count). The summed E-state index contributed by atoms with van der Waals surface area (Å²) in [5.41, 5.74) is 1.11. The fourth-order valence-corrected chi connectivity index (χ4v) is 2.92. The number of rotatable bonds is 7. The third kappa shape index (κ3) is 6.01. The molecule has 1 aliphatic carbocycles. The molecule has 1 N–H and O–H groups in total. The average molecular weight is 254 g/mol. The summed E-state index contributed by atoms with van der Waals surface area (Å²) in [5.74, 6) is 0.515. The lowest BCUT2D eigenvalue weighted by Gasteiger charge is -2.32. The molecule has 0 aromatic carbocycles. The molecule has 1 unspecified atom stereocenters. The molecule has 0 spiro atoms. The van der Waals surface area contributed by atoms with Crippen LogP contribution < -0.4 is 0 Å². The van der Waals surface area contributed by atoms with Crippen LogP contribution in [0, 0.1) is 11.8 Å². The first-order valence-electron chi connectivity index (χ1n) is 7.44. The highest BCUT2D eigenvalue weighted by Crippen LogP contribution is 2.30. The zero-order chi connectivity index (χ0) is 13.6. The van der Waals surface area contributed by atoms with Crippen LogP contribution in [0.25, 0.3) is 0 Å². The average Bonchev–Trinajstić information content (AvgIpc) is 2.26. The summed E-state index contributed by atoms with van der Waals surface area (Å²) < 4.78 is 5.69. The molecule has 2 nitrogen and oxygen atoms in total. The van der Waals surface area contributed by atoms with Gasteiger partial charge in [-0.3, -0.25) is 0 Å². The van der Waals surface area contributed by atoms with Gasteiger partial charge >= 0.3 is 0 Å².